The van der Waals surface area contributed by atoms with Crippen LogP contribution in [0.25, 0.3) is 0 Å². The highest BCUT2D eigenvalue weighted by atomic mass is 32.2. The Hall–Kier alpha value is -1.16. The molecular weight excluding hydrogens is 234 g/mol. The molecule has 0 saturated heterocycles. The van der Waals surface area contributed by atoms with E-state index in [0.29, 0.717) is 5.25 Å². The van der Waals surface area contributed by atoms with Crippen LogP contribution < -0.4 is 5.32 Å². The van der Waals surface area contributed by atoms with E-state index in [-0.39, 0.29) is 0 Å². The van der Waals surface area contributed by atoms with Gasteiger partial charge in [-0.3, -0.25) is 0 Å². The molecule has 0 amide bonds. The molecule has 1 aromatic rings. The molecule has 94 valence electrons. The Bertz CT molecular complexity index is 385. The number of nitrogens with one attached hydrogen (secondary N) is 1. The topological polar surface area (TPSA) is 49.3 Å². The maximum Gasteiger partial charge on any atom is 0.328 e. The zero-order valence-electron chi connectivity index (χ0n) is 10.7. The predicted molar refractivity (Wildman–Crippen MR) is 72.8 cm³/mol. The molecule has 2 N–H and O–H groups in total. The summed E-state index contributed by atoms with van der Waals surface area (Å²) in [5.74, 6) is -0.863. The van der Waals surface area contributed by atoms with Crippen LogP contribution in [0.15, 0.2) is 29.2 Å². The highest BCUT2D eigenvalue weighted by Crippen LogP contribution is 2.25. The molecule has 0 aromatic heterocycles. The standard InChI is InChI=1S/C13H19NO2S/c1-9(2)17-11-7-5-10(6-8-11)14-13(3,4)12(15)16/h5-9,14H,1-4H3,(H,15,16). The third-order valence-corrected chi connectivity index (χ3v) is 3.23. The van der Waals surface area contributed by atoms with Gasteiger partial charge in [0.05, 0.1) is 0 Å². The predicted octanol–water partition coefficient (Wildman–Crippen LogP) is 3.46. The summed E-state index contributed by atoms with van der Waals surface area (Å²) < 4.78 is 0. The number of hydrogen-bond acceptors (Lipinski definition) is 3. The number of rotatable bonds is 5. The van der Waals surface area contributed by atoms with Gasteiger partial charge in [-0.25, -0.2) is 4.79 Å². The average Bonchev–Trinajstić information content (AvgIpc) is 2.19. The van der Waals surface area contributed by atoms with E-state index in [9.17, 15) is 4.79 Å². The average molecular weight is 253 g/mol. The fraction of sp³-hybridized carbons (Fsp3) is 0.462. The lowest BCUT2D eigenvalue weighted by Crippen LogP contribution is -2.39. The lowest BCUT2D eigenvalue weighted by molar-refractivity contribution is -0.141. The molecular formula is C13H19NO2S. The summed E-state index contributed by atoms with van der Waals surface area (Å²) in [6.07, 6.45) is 0. The van der Waals surface area contributed by atoms with Crippen LogP contribution in [0.4, 0.5) is 5.69 Å². The van der Waals surface area contributed by atoms with E-state index in [0.717, 1.165) is 5.69 Å². The summed E-state index contributed by atoms with van der Waals surface area (Å²) >= 11 is 1.79. The Kier molecular flexibility index (Phi) is 4.46. The molecule has 3 nitrogen and oxygen atoms in total. The molecule has 0 heterocycles. The van der Waals surface area contributed by atoms with E-state index in [1.54, 1.807) is 25.6 Å². The Morgan fingerprint density at radius 1 is 1.29 bits per heavy atom. The molecule has 0 aliphatic rings. The Morgan fingerprint density at radius 3 is 2.24 bits per heavy atom. The van der Waals surface area contributed by atoms with E-state index in [1.165, 1.54) is 4.90 Å². The van der Waals surface area contributed by atoms with Crippen molar-refractivity contribution in [1.82, 2.24) is 0 Å². The van der Waals surface area contributed by atoms with Crippen molar-refractivity contribution in [3.63, 3.8) is 0 Å². The van der Waals surface area contributed by atoms with Gasteiger partial charge in [-0.15, -0.1) is 11.8 Å². The number of carboxylic acid groups (broad SMARTS) is 1. The van der Waals surface area contributed by atoms with Crippen LogP contribution in [0, 0.1) is 0 Å². The van der Waals surface area contributed by atoms with Gasteiger partial charge in [0.2, 0.25) is 0 Å². The highest BCUT2D eigenvalue weighted by molar-refractivity contribution is 7.99. The van der Waals surface area contributed by atoms with E-state index in [4.69, 9.17) is 5.11 Å². The molecule has 0 radical (unpaired) electrons. The van der Waals surface area contributed by atoms with Crippen molar-refractivity contribution < 1.29 is 9.90 Å². The Morgan fingerprint density at radius 2 is 1.82 bits per heavy atom. The van der Waals surface area contributed by atoms with E-state index in [1.807, 2.05) is 24.3 Å². The first-order valence-electron chi connectivity index (χ1n) is 5.59. The molecule has 4 heteroatoms. The first-order valence-corrected chi connectivity index (χ1v) is 6.47. The van der Waals surface area contributed by atoms with Crippen molar-refractivity contribution in [1.29, 1.82) is 0 Å². The van der Waals surface area contributed by atoms with Crippen molar-refractivity contribution in [3.05, 3.63) is 24.3 Å². The van der Waals surface area contributed by atoms with Crippen LogP contribution in [0.3, 0.4) is 0 Å². The summed E-state index contributed by atoms with van der Waals surface area (Å²) in [7, 11) is 0. The van der Waals surface area contributed by atoms with Crippen LogP contribution in [0.5, 0.6) is 0 Å². The number of hydrogen-bond donors (Lipinski definition) is 2. The zero-order chi connectivity index (χ0) is 13.1. The van der Waals surface area contributed by atoms with Crippen LogP contribution in [0.2, 0.25) is 0 Å². The van der Waals surface area contributed by atoms with Gasteiger partial charge >= 0.3 is 5.97 Å². The van der Waals surface area contributed by atoms with Crippen LogP contribution in [-0.4, -0.2) is 21.9 Å². The second-order valence-corrected chi connectivity index (χ2v) is 6.40. The van der Waals surface area contributed by atoms with E-state index >= 15 is 0 Å². The van der Waals surface area contributed by atoms with E-state index in [2.05, 4.69) is 19.2 Å². The molecule has 17 heavy (non-hydrogen) atoms. The third-order valence-electron chi connectivity index (χ3n) is 2.22. The quantitative estimate of drug-likeness (QED) is 0.789. The molecule has 0 aliphatic carbocycles. The van der Waals surface area contributed by atoms with Gasteiger partial charge in [-0.2, -0.15) is 0 Å². The molecule has 0 saturated carbocycles. The van der Waals surface area contributed by atoms with Crippen molar-refractivity contribution in [2.75, 3.05) is 5.32 Å². The summed E-state index contributed by atoms with van der Waals surface area (Å²) in [6.45, 7) is 7.58. The summed E-state index contributed by atoms with van der Waals surface area (Å²) in [5, 5.41) is 12.5. The monoisotopic (exact) mass is 253 g/mol. The number of benzene rings is 1. The number of aliphatic carboxylic acids is 1. The Labute approximate surface area is 107 Å². The largest absolute Gasteiger partial charge is 0.480 e. The van der Waals surface area contributed by atoms with Crippen molar-refractivity contribution >= 4 is 23.4 Å². The molecule has 1 rings (SSSR count). The minimum atomic E-state index is -0.952. The van der Waals surface area contributed by atoms with Gasteiger partial charge < -0.3 is 10.4 Å². The summed E-state index contributed by atoms with van der Waals surface area (Å²) in [4.78, 5) is 12.2. The van der Waals surface area contributed by atoms with Crippen LogP contribution >= 0.6 is 11.8 Å². The van der Waals surface area contributed by atoms with Gasteiger partial charge in [0.1, 0.15) is 5.54 Å². The van der Waals surface area contributed by atoms with Gasteiger partial charge in [-0.05, 0) is 38.1 Å². The SMILES string of the molecule is CC(C)Sc1ccc(NC(C)(C)C(=O)O)cc1. The maximum absolute atomic E-state index is 11.0. The fourth-order valence-electron chi connectivity index (χ4n) is 1.30. The van der Waals surface area contributed by atoms with Gasteiger partial charge in [0.15, 0.2) is 0 Å². The fourth-order valence-corrected chi connectivity index (χ4v) is 2.14. The molecule has 1 aromatic carbocycles. The summed E-state index contributed by atoms with van der Waals surface area (Å²) in [6, 6.07) is 7.83. The molecule has 0 spiro atoms. The first kappa shape index (κ1) is 13.9. The normalized spacial score (nSPS) is 11.6. The van der Waals surface area contributed by atoms with Gasteiger partial charge in [-0.1, -0.05) is 13.8 Å². The lowest BCUT2D eigenvalue weighted by Gasteiger charge is -2.22. The molecule has 0 atom stereocenters. The van der Waals surface area contributed by atoms with Crippen LogP contribution in [-0.2, 0) is 4.79 Å². The summed E-state index contributed by atoms with van der Waals surface area (Å²) in [5.41, 5.74) is -0.127. The number of thioether (sulfide) groups is 1. The smallest absolute Gasteiger partial charge is 0.328 e. The second-order valence-electron chi connectivity index (χ2n) is 4.75. The van der Waals surface area contributed by atoms with Gasteiger partial charge in [0.25, 0.3) is 0 Å². The van der Waals surface area contributed by atoms with Crippen molar-refractivity contribution in [3.8, 4) is 0 Å². The molecule has 0 unspecified atom stereocenters. The third kappa shape index (κ3) is 4.30. The molecule has 0 bridgehead atoms. The van der Waals surface area contributed by atoms with E-state index < -0.39 is 11.5 Å². The second kappa shape index (κ2) is 5.45. The Balaban J connectivity index is 2.72. The lowest BCUT2D eigenvalue weighted by atomic mass is 10.1. The molecule has 0 aliphatic heterocycles. The number of carboxylic acids is 1. The first-order chi connectivity index (χ1) is 7.81. The minimum Gasteiger partial charge on any atom is -0.480 e. The number of anilines is 1. The maximum atomic E-state index is 11.0. The number of carbonyl (C=O) groups is 1. The highest BCUT2D eigenvalue weighted by Gasteiger charge is 2.26. The van der Waals surface area contributed by atoms with Gasteiger partial charge in [0, 0.05) is 15.8 Å². The zero-order valence-corrected chi connectivity index (χ0v) is 11.5. The van der Waals surface area contributed by atoms with Crippen molar-refractivity contribution in [2.24, 2.45) is 0 Å². The molecule has 0 fully saturated rings. The van der Waals surface area contributed by atoms with Crippen molar-refractivity contribution in [2.45, 2.75) is 43.4 Å². The minimum absolute atomic E-state index is 0.546. The van der Waals surface area contributed by atoms with Crippen LogP contribution in [0.1, 0.15) is 27.7 Å².